The molecule has 2 N–H and O–H groups in total. The number of halogens is 2. The van der Waals surface area contributed by atoms with Gasteiger partial charge in [0, 0.05) is 32.7 Å². The highest BCUT2D eigenvalue weighted by Gasteiger charge is 2.26. The van der Waals surface area contributed by atoms with Crippen molar-refractivity contribution in [3.63, 3.8) is 0 Å². The average Bonchev–Trinajstić information content (AvgIpc) is 3.01. The zero-order chi connectivity index (χ0) is 25.8. The molecule has 0 bridgehead atoms. The fourth-order valence-corrected chi connectivity index (χ4v) is 4.90. The molecule has 5 nitrogen and oxygen atoms in total. The molecule has 1 aliphatic heterocycles. The number of rotatable bonds is 6. The van der Waals surface area contributed by atoms with E-state index in [1.165, 1.54) is 0 Å². The number of benzodiazepines with no additional fused rings is 1. The Labute approximate surface area is 228 Å². The predicted molar refractivity (Wildman–Crippen MR) is 153 cm³/mol. The number of carbonyl (C=O) groups excluding carboxylic acids is 2. The molecule has 37 heavy (non-hydrogen) atoms. The Morgan fingerprint density at radius 3 is 2.43 bits per heavy atom. The van der Waals surface area contributed by atoms with Gasteiger partial charge in [-0.3, -0.25) is 14.6 Å². The van der Waals surface area contributed by atoms with Gasteiger partial charge < -0.3 is 10.6 Å². The summed E-state index contributed by atoms with van der Waals surface area (Å²) in [7, 11) is 0. The van der Waals surface area contributed by atoms with Crippen LogP contribution in [0.2, 0.25) is 5.02 Å². The van der Waals surface area contributed by atoms with Crippen molar-refractivity contribution in [2.24, 2.45) is 4.99 Å². The van der Waals surface area contributed by atoms with E-state index in [-0.39, 0.29) is 11.8 Å². The molecule has 7 heteroatoms. The van der Waals surface area contributed by atoms with Crippen molar-refractivity contribution >= 4 is 56.4 Å². The van der Waals surface area contributed by atoms with E-state index in [0.717, 1.165) is 26.7 Å². The first-order valence-corrected chi connectivity index (χ1v) is 13.0. The second kappa shape index (κ2) is 11.1. The summed E-state index contributed by atoms with van der Waals surface area (Å²) in [5.74, 6) is -0.280. The number of hydrogen-bond donors (Lipinski definition) is 2. The van der Waals surface area contributed by atoms with Gasteiger partial charge in [0.05, 0.1) is 17.8 Å². The molecule has 0 spiro atoms. The second-order valence-electron chi connectivity index (χ2n) is 8.79. The number of fused-ring (bicyclic) bond motifs is 1. The van der Waals surface area contributed by atoms with Gasteiger partial charge in [0.15, 0.2) is 0 Å². The fourth-order valence-electron chi connectivity index (χ4n) is 4.28. The van der Waals surface area contributed by atoms with Crippen LogP contribution < -0.4 is 10.6 Å². The number of benzene rings is 4. The van der Waals surface area contributed by atoms with Crippen LogP contribution in [0.1, 0.15) is 22.3 Å². The van der Waals surface area contributed by atoms with Gasteiger partial charge in [0.25, 0.3) is 0 Å². The molecule has 4 aromatic carbocycles. The SMILES string of the molecule is O=C(Cc1ccccc1)Nc1ccc(C2=NC(Cc3cccc(Br)c3)C(=O)Nc3cc(Cl)ccc32)cc1. The molecule has 184 valence electrons. The van der Waals surface area contributed by atoms with Crippen LogP contribution in [0, 0.1) is 0 Å². The molecule has 2 amide bonds. The minimum Gasteiger partial charge on any atom is -0.326 e. The zero-order valence-corrected chi connectivity index (χ0v) is 22.1. The molecule has 0 radical (unpaired) electrons. The van der Waals surface area contributed by atoms with Crippen molar-refractivity contribution < 1.29 is 9.59 Å². The number of nitrogens with one attached hydrogen (secondary N) is 2. The molecule has 0 saturated carbocycles. The van der Waals surface area contributed by atoms with Crippen LogP contribution in [0.25, 0.3) is 0 Å². The van der Waals surface area contributed by atoms with Gasteiger partial charge >= 0.3 is 0 Å². The number of hydrogen-bond acceptors (Lipinski definition) is 3. The van der Waals surface area contributed by atoms with E-state index < -0.39 is 6.04 Å². The molecule has 1 heterocycles. The molecule has 1 aliphatic rings. The van der Waals surface area contributed by atoms with Crippen LogP contribution in [0.15, 0.2) is 107 Å². The molecule has 1 atom stereocenters. The molecule has 4 aromatic rings. The maximum absolute atomic E-state index is 13.2. The van der Waals surface area contributed by atoms with Gasteiger partial charge in [-0.1, -0.05) is 82.1 Å². The number of amides is 2. The summed E-state index contributed by atoms with van der Waals surface area (Å²) < 4.78 is 0.947. The van der Waals surface area contributed by atoms with Crippen molar-refractivity contribution in [3.8, 4) is 0 Å². The first-order valence-electron chi connectivity index (χ1n) is 11.8. The van der Waals surface area contributed by atoms with E-state index in [2.05, 4.69) is 26.6 Å². The molecule has 0 fully saturated rings. The van der Waals surface area contributed by atoms with Crippen molar-refractivity contribution in [3.05, 3.63) is 129 Å². The molecular formula is C30H23BrClN3O2. The van der Waals surface area contributed by atoms with Crippen molar-refractivity contribution in [2.75, 3.05) is 10.6 Å². The summed E-state index contributed by atoms with van der Waals surface area (Å²) in [5.41, 5.74) is 5.57. The Morgan fingerprint density at radius 2 is 1.68 bits per heavy atom. The molecular weight excluding hydrogens is 550 g/mol. The quantitative estimate of drug-likeness (QED) is 0.270. The summed E-state index contributed by atoms with van der Waals surface area (Å²) in [6.45, 7) is 0. The van der Waals surface area contributed by atoms with Gasteiger partial charge in [-0.05, 0) is 53.6 Å². The Bertz CT molecular complexity index is 1490. The minimum atomic E-state index is -0.624. The summed E-state index contributed by atoms with van der Waals surface area (Å²) in [5, 5.41) is 6.48. The Morgan fingerprint density at radius 1 is 0.919 bits per heavy atom. The van der Waals surface area contributed by atoms with E-state index in [1.54, 1.807) is 12.1 Å². The van der Waals surface area contributed by atoms with E-state index in [0.29, 0.717) is 35.0 Å². The van der Waals surface area contributed by atoms with E-state index in [9.17, 15) is 9.59 Å². The smallest absolute Gasteiger partial charge is 0.249 e. The van der Waals surface area contributed by atoms with Crippen LogP contribution >= 0.6 is 27.5 Å². The molecule has 0 saturated heterocycles. The third-order valence-electron chi connectivity index (χ3n) is 6.05. The van der Waals surface area contributed by atoms with Crippen LogP contribution in [-0.2, 0) is 22.4 Å². The van der Waals surface area contributed by atoms with Crippen LogP contribution in [-0.4, -0.2) is 23.6 Å². The molecule has 0 aromatic heterocycles. The van der Waals surface area contributed by atoms with Crippen molar-refractivity contribution in [2.45, 2.75) is 18.9 Å². The normalized spacial score (nSPS) is 14.7. The summed E-state index contributed by atoms with van der Waals surface area (Å²) in [6.07, 6.45) is 0.749. The zero-order valence-electron chi connectivity index (χ0n) is 19.7. The lowest BCUT2D eigenvalue weighted by Crippen LogP contribution is -2.27. The van der Waals surface area contributed by atoms with E-state index in [4.69, 9.17) is 16.6 Å². The lowest BCUT2D eigenvalue weighted by molar-refractivity contribution is -0.117. The molecule has 0 aliphatic carbocycles. The Hall–Kier alpha value is -3.74. The van der Waals surface area contributed by atoms with Gasteiger partial charge in [0.2, 0.25) is 11.8 Å². The summed E-state index contributed by atoms with van der Waals surface area (Å²) >= 11 is 9.74. The average molecular weight is 573 g/mol. The summed E-state index contributed by atoms with van der Waals surface area (Å²) in [4.78, 5) is 30.6. The minimum absolute atomic E-state index is 0.0883. The van der Waals surface area contributed by atoms with Gasteiger partial charge in [0.1, 0.15) is 6.04 Å². The van der Waals surface area contributed by atoms with Gasteiger partial charge in [-0.25, -0.2) is 0 Å². The number of carbonyl (C=O) groups is 2. The standard InChI is InChI=1S/C30H23BrClN3O2/c31-22-8-4-7-20(15-22)16-27-30(37)35-26-18-23(32)11-14-25(26)29(34-27)21-9-12-24(13-10-21)33-28(36)17-19-5-2-1-3-6-19/h1-15,18,27H,16-17H2,(H,33,36)(H,35,37). The maximum Gasteiger partial charge on any atom is 0.249 e. The lowest BCUT2D eigenvalue weighted by atomic mass is 10.00. The van der Waals surface area contributed by atoms with Crippen molar-refractivity contribution in [1.82, 2.24) is 0 Å². The first kappa shape index (κ1) is 24.9. The third kappa shape index (κ3) is 6.16. The van der Waals surface area contributed by atoms with E-state index in [1.807, 2.05) is 84.9 Å². The maximum atomic E-state index is 13.2. The Balaban J connectivity index is 1.43. The van der Waals surface area contributed by atoms with Gasteiger partial charge in [-0.15, -0.1) is 0 Å². The predicted octanol–water partition coefficient (Wildman–Crippen LogP) is 6.68. The number of aliphatic imine (C=N–C) groups is 1. The topological polar surface area (TPSA) is 70.6 Å². The monoisotopic (exact) mass is 571 g/mol. The molecule has 5 rings (SSSR count). The number of nitrogens with zero attached hydrogens (tertiary/aromatic N) is 1. The molecule has 1 unspecified atom stereocenters. The van der Waals surface area contributed by atoms with Crippen molar-refractivity contribution in [1.29, 1.82) is 0 Å². The van der Waals surface area contributed by atoms with Crippen LogP contribution in [0.4, 0.5) is 11.4 Å². The highest BCUT2D eigenvalue weighted by Crippen LogP contribution is 2.29. The van der Waals surface area contributed by atoms with Crippen LogP contribution in [0.5, 0.6) is 0 Å². The lowest BCUT2D eigenvalue weighted by Gasteiger charge is -2.12. The highest BCUT2D eigenvalue weighted by atomic mass is 79.9. The van der Waals surface area contributed by atoms with Crippen LogP contribution in [0.3, 0.4) is 0 Å². The largest absolute Gasteiger partial charge is 0.326 e. The third-order valence-corrected chi connectivity index (χ3v) is 6.78. The van der Waals surface area contributed by atoms with E-state index >= 15 is 0 Å². The Kier molecular flexibility index (Phi) is 7.49. The fraction of sp³-hybridized carbons (Fsp3) is 0.100. The summed E-state index contributed by atoms with van der Waals surface area (Å²) in [6, 6.07) is 29.7. The first-order chi connectivity index (χ1) is 17.9. The number of anilines is 2. The van der Waals surface area contributed by atoms with Gasteiger partial charge in [-0.2, -0.15) is 0 Å². The second-order valence-corrected chi connectivity index (χ2v) is 10.1. The highest BCUT2D eigenvalue weighted by molar-refractivity contribution is 9.10.